The molecule has 0 aromatic carbocycles. The molecule has 1 aromatic heterocycles. The summed E-state index contributed by atoms with van der Waals surface area (Å²) >= 11 is 0. The van der Waals surface area contributed by atoms with Gasteiger partial charge in [0.2, 0.25) is 11.7 Å². The van der Waals surface area contributed by atoms with Gasteiger partial charge in [-0.05, 0) is 26.2 Å². The quantitative estimate of drug-likeness (QED) is 0.781. The van der Waals surface area contributed by atoms with Crippen LogP contribution in [0.4, 0.5) is 0 Å². The highest BCUT2D eigenvalue weighted by atomic mass is 16.5. The number of aromatic nitrogens is 2. The van der Waals surface area contributed by atoms with Crippen molar-refractivity contribution in [3.8, 4) is 0 Å². The van der Waals surface area contributed by atoms with Crippen LogP contribution in [0.15, 0.2) is 4.52 Å². The first-order valence-corrected chi connectivity index (χ1v) is 8.43. The second-order valence-corrected chi connectivity index (χ2v) is 6.11. The normalized spacial score (nSPS) is 20.1. The topological polar surface area (TPSA) is 74.2 Å². The summed E-state index contributed by atoms with van der Waals surface area (Å²) in [6, 6.07) is 0.0977. The summed E-state index contributed by atoms with van der Waals surface area (Å²) in [4.78, 5) is 4.61. The molecule has 5 heteroatoms. The van der Waals surface area contributed by atoms with Gasteiger partial charge in [0.05, 0.1) is 0 Å². The molecule has 120 valence electrons. The summed E-state index contributed by atoms with van der Waals surface area (Å²) in [6.07, 6.45) is 9.55. The van der Waals surface area contributed by atoms with Crippen LogP contribution in [-0.2, 0) is 16.8 Å². The van der Waals surface area contributed by atoms with Crippen LogP contribution in [0.25, 0.3) is 0 Å². The maximum absolute atomic E-state index is 6.09. The summed E-state index contributed by atoms with van der Waals surface area (Å²) in [5, 5.41) is 4.22. The van der Waals surface area contributed by atoms with Gasteiger partial charge in [-0.3, -0.25) is 0 Å². The lowest BCUT2D eigenvalue weighted by atomic mass is 9.93. The molecule has 5 nitrogen and oxygen atoms in total. The Hall–Kier alpha value is -0.940. The SMILES string of the molecule is CCCC(N)Cc1nc(C2(OCC)CCCCCC2)no1. The third kappa shape index (κ3) is 4.27. The van der Waals surface area contributed by atoms with Gasteiger partial charge >= 0.3 is 0 Å². The number of rotatable bonds is 7. The van der Waals surface area contributed by atoms with Crippen LogP contribution in [0.5, 0.6) is 0 Å². The molecule has 1 aromatic rings. The van der Waals surface area contributed by atoms with Gasteiger partial charge in [0.25, 0.3) is 0 Å². The van der Waals surface area contributed by atoms with E-state index in [9.17, 15) is 0 Å². The van der Waals surface area contributed by atoms with E-state index in [1.165, 1.54) is 25.7 Å². The second kappa shape index (κ2) is 7.90. The molecule has 21 heavy (non-hydrogen) atoms. The third-order valence-corrected chi connectivity index (χ3v) is 4.30. The Bertz CT molecular complexity index is 411. The number of hydrogen-bond donors (Lipinski definition) is 1. The average molecular weight is 295 g/mol. The molecule has 2 N–H and O–H groups in total. The molecule has 1 heterocycles. The van der Waals surface area contributed by atoms with E-state index in [1.807, 2.05) is 6.92 Å². The van der Waals surface area contributed by atoms with E-state index in [1.54, 1.807) is 0 Å². The molecular formula is C16H29N3O2. The molecule has 0 radical (unpaired) electrons. The standard InChI is InChI=1S/C16H29N3O2/c1-3-9-13(17)12-14-18-15(19-21-14)16(20-4-2)10-7-5-6-8-11-16/h13H,3-12,17H2,1-2H3. The van der Waals surface area contributed by atoms with Crippen molar-refractivity contribution in [2.45, 2.75) is 83.3 Å². The maximum Gasteiger partial charge on any atom is 0.228 e. The molecule has 1 unspecified atom stereocenters. The van der Waals surface area contributed by atoms with E-state index in [0.717, 1.165) is 31.5 Å². The molecule has 2 rings (SSSR count). The second-order valence-electron chi connectivity index (χ2n) is 6.11. The first-order chi connectivity index (χ1) is 10.2. The van der Waals surface area contributed by atoms with Crippen LogP contribution in [-0.4, -0.2) is 22.8 Å². The highest BCUT2D eigenvalue weighted by Gasteiger charge is 2.38. The molecule has 1 atom stereocenters. The van der Waals surface area contributed by atoms with E-state index in [-0.39, 0.29) is 11.6 Å². The molecule has 1 aliphatic rings. The number of nitrogens with two attached hydrogens (primary N) is 1. The van der Waals surface area contributed by atoms with Crippen LogP contribution in [0.3, 0.4) is 0 Å². The molecule has 0 amide bonds. The van der Waals surface area contributed by atoms with Crippen molar-refractivity contribution in [3.05, 3.63) is 11.7 Å². The fourth-order valence-corrected chi connectivity index (χ4v) is 3.23. The number of hydrogen-bond acceptors (Lipinski definition) is 5. The van der Waals surface area contributed by atoms with Crippen molar-refractivity contribution in [1.29, 1.82) is 0 Å². The monoisotopic (exact) mass is 295 g/mol. The van der Waals surface area contributed by atoms with Crippen LogP contribution in [0, 0.1) is 0 Å². The fourth-order valence-electron chi connectivity index (χ4n) is 3.23. The van der Waals surface area contributed by atoms with Crippen molar-refractivity contribution >= 4 is 0 Å². The van der Waals surface area contributed by atoms with Crippen LogP contribution in [0.2, 0.25) is 0 Å². The lowest BCUT2D eigenvalue weighted by molar-refractivity contribution is -0.0636. The molecule has 1 fully saturated rings. The largest absolute Gasteiger partial charge is 0.367 e. The van der Waals surface area contributed by atoms with E-state index >= 15 is 0 Å². The van der Waals surface area contributed by atoms with Crippen LogP contribution >= 0.6 is 0 Å². The van der Waals surface area contributed by atoms with Gasteiger partial charge in [-0.15, -0.1) is 0 Å². The molecule has 0 bridgehead atoms. The lowest BCUT2D eigenvalue weighted by Gasteiger charge is -2.29. The van der Waals surface area contributed by atoms with Crippen molar-refractivity contribution in [2.24, 2.45) is 5.73 Å². The van der Waals surface area contributed by atoms with Gasteiger partial charge in [0.15, 0.2) is 0 Å². The Labute approximate surface area is 127 Å². The highest BCUT2D eigenvalue weighted by Crippen LogP contribution is 2.38. The van der Waals surface area contributed by atoms with Crippen LogP contribution < -0.4 is 5.73 Å². The number of ether oxygens (including phenoxy) is 1. The van der Waals surface area contributed by atoms with Crippen LogP contribution in [0.1, 0.15) is 76.9 Å². The summed E-state index contributed by atoms with van der Waals surface area (Å²) in [5.74, 6) is 1.37. The van der Waals surface area contributed by atoms with Gasteiger partial charge in [-0.25, -0.2) is 0 Å². The predicted molar refractivity (Wildman–Crippen MR) is 81.9 cm³/mol. The minimum absolute atomic E-state index is 0.0977. The Kier molecular flexibility index (Phi) is 6.18. The van der Waals surface area contributed by atoms with Crippen molar-refractivity contribution in [2.75, 3.05) is 6.61 Å². The van der Waals surface area contributed by atoms with Gasteiger partial charge in [-0.1, -0.05) is 44.2 Å². The van der Waals surface area contributed by atoms with E-state index < -0.39 is 0 Å². The molecule has 1 saturated carbocycles. The highest BCUT2D eigenvalue weighted by molar-refractivity contribution is 5.03. The molecule has 0 aliphatic heterocycles. The Balaban J connectivity index is 2.11. The van der Waals surface area contributed by atoms with E-state index in [4.69, 9.17) is 15.0 Å². The van der Waals surface area contributed by atoms with Gasteiger partial charge < -0.3 is 15.0 Å². The van der Waals surface area contributed by atoms with Crippen molar-refractivity contribution < 1.29 is 9.26 Å². The molecule has 0 saturated heterocycles. The summed E-state index contributed by atoms with van der Waals surface area (Å²) < 4.78 is 11.5. The Morgan fingerprint density at radius 3 is 2.57 bits per heavy atom. The molecule has 1 aliphatic carbocycles. The van der Waals surface area contributed by atoms with Gasteiger partial charge in [0, 0.05) is 19.1 Å². The van der Waals surface area contributed by atoms with E-state index in [2.05, 4.69) is 17.1 Å². The fraction of sp³-hybridized carbons (Fsp3) is 0.875. The first-order valence-electron chi connectivity index (χ1n) is 8.43. The Morgan fingerprint density at radius 1 is 1.24 bits per heavy atom. The first kappa shape index (κ1) is 16.4. The summed E-state index contributed by atoms with van der Waals surface area (Å²) in [6.45, 7) is 4.85. The molecular weight excluding hydrogens is 266 g/mol. The van der Waals surface area contributed by atoms with Crippen molar-refractivity contribution in [1.82, 2.24) is 10.1 Å². The lowest BCUT2D eigenvalue weighted by Crippen LogP contribution is -2.31. The molecule has 0 spiro atoms. The number of nitrogens with zero attached hydrogens (tertiary/aromatic N) is 2. The van der Waals surface area contributed by atoms with Gasteiger partial charge in [-0.2, -0.15) is 4.98 Å². The minimum atomic E-state index is -0.345. The zero-order valence-electron chi connectivity index (χ0n) is 13.4. The average Bonchev–Trinajstić information content (AvgIpc) is 2.79. The third-order valence-electron chi connectivity index (χ3n) is 4.30. The van der Waals surface area contributed by atoms with Gasteiger partial charge in [0.1, 0.15) is 5.60 Å². The smallest absolute Gasteiger partial charge is 0.228 e. The zero-order valence-corrected chi connectivity index (χ0v) is 13.4. The van der Waals surface area contributed by atoms with Crippen molar-refractivity contribution in [3.63, 3.8) is 0 Å². The zero-order chi connectivity index (χ0) is 15.1. The predicted octanol–water partition coefficient (Wildman–Crippen LogP) is 3.33. The summed E-state index contributed by atoms with van der Waals surface area (Å²) in [5.41, 5.74) is 5.72. The maximum atomic E-state index is 6.09. The summed E-state index contributed by atoms with van der Waals surface area (Å²) in [7, 11) is 0. The minimum Gasteiger partial charge on any atom is -0.367 e. The Morgan fingerprint density at radius 2 is 1.95 bits per heavy atom. The van der Waals surface area contributed by atoms with E-state index in [0.29, 0.717) is 18.9 Å².